The number of nitrogens with one attached hydrogen (secondary N) is 2. The molecule has 0 saturated carbocycles. The molecule has 1 aliphatic heterocycles. The third-order valence-electron chi connectivity index (χ3n) is 5.88. The molecular weight excluding hydrogens is 442 g/mol. The average Bonchev–Trinajstić information content (AvgIpc) is 2.84. The van der Waals surface area contributed by atoms with Crippen LogP contribution in [0, 0.1) is 10.8 Å². The number of carbonyl (C=O) groups is 1. The van der Waals surface area contributed by atoms with Crippen LogP contribution in [0.15, 0.2) is 54.6 Å². The van der Waals surface area contributed by atoms with Crippen molar-refractivity contribution < 1.29 is 14.3 Å². The molecule has 0 unspecified atom stereocenters. The van der Waals surface area contributed by atoms with Gasteiger partial charge in [-0.3, -0.25) is 15.6 Å². The Kier molecular flexibility index (Phi) is 9.29. The number of benzene rings is 2. The molecule has 0 atom stereocenters. The van der Waals surface area contributed by atoms with Crippen LogP contribution in [0.2, 0.25) is 0 Å². The second-order valence-corrected chi connectivity index (χ2v) is 8.51. The summed E-state index contributed by atoms with van der Waals surface area (Å²) in [4.78, 5) is 16.2. The lowest BCUT2D eigenvalue weighted by Gasteiger charge is -2.32. The molecule has 2 aromatic rings. The highest BCUT2D eigenvalue weighted by atomic mass is 16.5. The molecule has 0 aromatic heterocycles. The summed E-state index contributed by atoms with van der Waals surface area (Å²) < 4.78 is 11.3. The van der Waals surface area contributed by atoms with Crippen LogP contribution in [0.25, 0.3) is 6.08 Å². The van der Waals surface area contributed by atoms with Crippen LogP contribution in [0.1, 0.15) is 37.8 Å². The molecule has 2 aromatic carbocycles. The number of nitrogens with zero attached hydrogens (tertiary/aromatic N) is 2. The SMILES string of the molecule is CCOC(=O)CN(C/C=C/c1cccc(C(=N)N)c1)c1ccc(OC2CCN(C(C)=N)CC2)cc1. The monoisotopic (exact) mass is 477 g/mol. The molecule has 1 saturated heterocycles. The van der Waals surface area contributed by atoms with E-state index in [1.165, 1.54) is 0 Å². The molecule has 35 heavy (non-hydrogen) atoms. The third-order valence-corrected chi connectivity index (χ3v) is 5.88. The number of hydrogen-bond donors (Lipinski definition) is 3. The number of rotatable bonds is 10. The molecular formula is C27H35N5O3. The van der Waals surface area contributed by atoms with Crippen molar-refractivity contribution in [1.29, 1.82) is 10.8 Å². The fourth-order valence-electron chi connectivity index (χ4n) is 3.99. The van der Waals surface area contributed by atoms with Crippen molar-refractivity contribution >= 4 is 29.4 Å². The zero-order chi connectivity index (χ0) is 25.2. The van der Waals surface area contributed by atoms with E-state index < -0.39 is 0 Å². The number of hydrogen-bond acceptors (Lipinski definition) is 6. The second-order valence-electron chi connectivity index (χ2n) is 8.51. The second kappa shape index (κ2) is 12.6. The smallest absolute Gasteiger partial charge is 0.325 e. The maximum Gasteiger partial charge on any atom is 0.325 e. The van der Waals surface area contributed by atoms with Gasteiger partial charge in [0.05, 0.1) is 12.4 Å². The number of amidine groups is 2. The number of ether oxygens (including phenoxy) is 2. The predicted molar refractivity (Wildman–Crippen MR) is 140 cm³/mol. The van der Waals surface area contributed by atoms with E-state index in [2.05, 4.69) is 4.90 Å². The summed E-state index contributed by atoms with van der Waals surface area (Å²) in [7, 11) is 0. The predicted octanol–water partition coefficient (Wildman–Crippen LogP) is 3.89. The van der Waals surface area contributed by atoms with Gasteiger partial charge < -0.3 is 25.0 Å². The molecule has 1 heterocycles. The van der Waals surface area contributed by atoms with Gasteiger partial charge in [-0.1, -0.05) is 30.4 Å². The summed E-state index contributed by atoms with van der Waals surface area (Å²) in [5, 5.41) is 15.4. The number of nitrogen functional groups attached to an aromatic ring is 1. The molecule has 1 aliphatic rings. The quantitative estimate of drug-likeness (QED) is 0.272. The molecule has 3 rings (SSSR count). The van der Waals surface area contributed by atoms with Crippen LogP contribution in [0.3, 0.4) is 0 Å². The van der Waals surface area contributed by atoms with Crippen molar-refractivity contribution in [3.63, 3.8) is 0 Å². The zero-order valence-electron chi connectivity index (χ0n) is 20.5. The van der Waals surface area contributed by atoms with Crippen LogP contribution in [-0.4, -0.2) is 61.4 Å². The highest BCUT2D eigenvalue weighted by Gasteiger charge is 2.21. The Bertz CT molecular complexity index is 1040. The zero-order valence-corrected chi connectivity index (χ0v) is 20.5. The maximum absolute atomic E-state index is 12.2. The lowest BCUT2D eigenvalue weighted by Crippen LogP contribution is -2.40. The highest BCUT2D eigenvalue weighted by Crippen LogP contribution is 2.23. The normalized spacial score (nSPS) is 14.1. The van der Waals surface area contributed by atoms with Crippen LogP contribution in [0.5, 0.6) is 5.75 Å². The van der Waals surface area contributed by atoms with E-state index in [-0.39, 0.29) is 24.5 Å². The van der Waals surface area contributed by atoms with Gasteiger partial charge in [0.15, 0.2) is 0 Å². The first-order valence-electron chi connectivity index (χ1n) is 11.9. The lowest BCUT2D eigenvalue weighted by molar-refractivity contribution is -0.141. The van der Waals surface area contributed by atoms with E-state index >= 15 is 0 Å². The number of carbonyl (C=O) groups excluding carboxylic acids is 1. The van der Waals surface area contributed by atoms with Gasteiger partial charge in [-0.05, 0) is 49.7 Å². The van der Waals surface area contributed by atoms with Gasteiger partial charge in [-0.25, -0.2) is 0 Å². The molecule has 0 amide bonds. The number of piperidine rings is 1. The molecule has 8 nitrogen and oxygen atoms in total. The lowest BCUT2D eigenvalue weighted by atomic mass is 10.1. The van der Waals surface area contributed by atoms with Crippen LogP contribution >= 0.6 is 0 Å². The number of esters is 1. The molecule has 0 aliphatic carbocycles. The number of likely N-dealkylation sites (tertiary alicyclic amines) is 1. The van der Waals surface area contributed by atoms with Crippen molar-refractivity contribution in [1.82, 2.24) is 4.90 Å². The molecule has 0 bridgehead atoms. The van der Waals surface area contributed by atoms with E-state index in [4.69, 9.17) is 26.0 Å². The minimum absolute atomic E-state index is 0.0295. The number of nitrogens with two attached hydrogens (primary N) is 1. The Hall–Kier alpha value is -3.81. The Balaban J connectivity index is 1.65. The summed E-state index contributed by atoms with van der Waals surface area (Å²) in [6, 6.07) is 15.2. The van der Waals surface area contributed by atoms with Crippen molar-refractivity contribution in [2.24, 2.45) is 5.73 Å². The molecule has 186 valence electrons. The van der Waals surface area contributed by atoms with Crippen molar-refractivity contribution in [2.45, 2.75) is 32.8 Å². The van der Waals surface area contributed by atoms with E-state index in [0.29, 0.717) is 24.6 Å². The van der Waals surface area contributed by atoms with Crippen molar-refractivity contribution in [3.8, 4) is 5.75 Å². The van der Waals surface area contributed by atoms with Crippen molar-refractivity contribution in [3.05, 3.63) is 65.7 Å². The molecule has 8 heteroatoms. The third kappa shape index (κ3) is 7.88. The Morgan fingerprint density at radius 1 is 1.17 bits per heavy atom. The maximum atomic E-state index is 12.2. The van der Waals surface area contributed by atoms with Gasteiger partial charge in [0.1, 0.15) is 24.2 Å². The molecule has 4 N–H and O–H groups in total. The first-order chi connectivity index (χ1) is 16.9. The van der Waals surface area contributed by atoms with E-state index in [1.807, 2.05) is 66.4 Å². The summed E-state index contributed by atoms with van der Waals surface area (Å²) >= 11 is 0. The summed E-state index contributed by atoms with van der Waals surface area (Å²) in [6.45, 7) is 6.27. The summed E-state index contributed by atoms with van der Waals surface area (Å²) in [5.74, 6) is 1.15. The number of anilines is 1. The summed E-state index contributed by atoms with van der Waals surface area (Å²) in [5.41, 5.74) is 8.08. The first-order valence-corrected chi connectivity index (χ1v) is 11.9. The van der Waals surface area contributed by atoms with Crippen molar-refractivity contribution in [2.75, 3.05) is 37.7 Å². The van der Waals surface area contributed by atoms with E-state index in [0.717, 1.165) is 42.9 Å². The summed E-state index contributed by atoms with van der Waals surface area (Å²) in [6.07, 6.45) is 5.85. The Labute approximate surface area is 207 Å². The largest absolute Gasteiger partial charge is 0.490 e. The highest BCUT2D eigenvalue weighted by molar-refractivity contribution is 5.95. The molecule has 1 fully saturated rings. The van der Waals surface area contributed by atoms with Crippen LogP contribution < -0.4 is 15.4 Å². The Morgan fingerprint density at radius 3 is 2.51 bits per heavy atom. The molecule has 0 spiro atoms. The van der Waals surface area contributed by atoms with E-state index in [1.54, 1.807) is 13.0 Å². The minimum Gasteiger partial charge on any atom is -0.490 e. The van der Waals surface area contributed by atoms with Crippen LogP contribution in [0.4, 0.5) is 5.69 Å². The van der Waals surface area contributed by atoms with Gasteiger partial charge in [0.25, 0.3) is 0 Å². The topological polar surface area (TPSA) is 116 Å². The van der Waals surface area contributed by atoms with Gasteiger partial charge in [0.2, 0.25) is 0 Å². The van der Waals surface area contributed by atoms with Gasteiger partial charge in [-0.15, -0.1) is 0 Å². The minimum atomic E-state index is -0.284. The average molecular weight is 478 g/mol. The Morgan fingerprint density at radius 2 is 1.89 bits per heavy atom. The van der Waals surface area contributed by atoms with Gasteiger partial charge in [-0.2, -0.15) is 0 Å². The van der Waals surface area contributed by atoms with Gasteiger partial charge in [0, 0.05) is 43.7 Å². The van der Waals surface area contributed by atoms with Gasteiger partial charge >= 0.3 is 5.97 Å². The first kappa shape index (κ1) is 25.8. The molecule has 0 radical (unpaired) electrons. The fraction of sp³-hybridized carbons (Fsp3) is 0.370. The standard InChI is InChI=1S/C27H35N5O3/c1-3-34-26(33)19-32(15-5-7-21-6-4-8-22(18-21)27(29)30)23-9-11-24(12-10-23)35-25-13-16-31(17-14-25)20(2)28/h4-12,18,25,28H,3,13-17,19H2,1-2H3,(H3,29,30)/b7-5+,28-20?. The fourth-order valence-corrected chi connectivity index (χ4v) is 3.99. The van der Waals surface area contributed by atoms with Crippen LogP contribution in [-0.2, 0) is 9.53 Å². The van der Waals surface area contributed by atoms with E-state index in [9.17, 15) is 4.79 Å².